The van der Waals surface area contributed by atoms with Crippen LogP contribution in [-0.4, -0.2) is 51.9 Å². The van der Waals surface area contributed by atoms with Gasteiger partial charge in [0, 0.05) is 38.9 Å². The number of likely N-dealkylation sites (tertiary alicyclic amines) is 2. The minimum absolute atomic E-state index is 0.0166. The summed E-state index contributed by atoms with van der Waals surface area (Å²) in [6.07, 6.45) is 9.26. The Morgan fingerprint density at radius 2 is 1.96 bits per heavy atom. The lowest BCUT2D eigenvalue weighted by atomic mass is 9.77. The van der Waals surface area contributed by atoms with Gasteiger partial charge in [0.15, 0.2) is 0 Å². The highest BCUT2D eigenvalue weighted by Gasteiger charge is 2.50. The zero-order chi connectivity index (χ0) is 17.6. The first-order valence-corrected chi connectivity index (χ1v) is 9.80. The van der Waals surface area contributed by atoms with Crippen molar-refractivity contribution in [3.63, 3.8) is 0 Å². The molecule has 1 saturated carbocycles. The van der Waals surface area contributed by atoms with E-state index in [1.165, 1.54) is 12.8 Å². The topological polar surface area (TPSA) is 45.6 Å². The largest absolute Gasteiger partial charge is 0.345 e. The van der Waals surface area contributed by atoms with Gasteiger partial charge in [-0.1, -0.05) is 24.4 Å². The summed E-state index contributed by atoms with van der Waals surface area (Å²) in [6, 6.07) is 2.14. The van der Waals surface area contributed by atoms with Crippen LogP contribution in [0, 0.1) is 5.41 Å². The summed E-state index contributed by atoms with van der Waals surface area (Å²) >= 11 is 6.02. The molecule has 6 heteroatoms. The van der Waals surface area contributed by atoms with E-state index in [0.717, 1.165) is 38.6 Å². The van der Waals surface area contributed by atoms with Gasteiger partial charge in [0.1, 0.15) is 5.69 Å². The monoisotopic (exact) mass is 363 g/mol. The maximum Gasteiger partial charge on any atom is 0.270 e. The molecule has 5 nitrogen and oxygen atoms in total. The molecule has 4 rings (SSSR count). The van der Waals surface area contributed by atoms with Gasteiger partial charge in [-0.15, -0.1) is 0 Å². The molecule has 0 aromatic carbocycles. The van der Waals surface area contributed by atoms with Crippen LogP contribution in [0.1, 0.15) is 55.4 Å². The Bertz CT molecular complexity index is 695. The Morgan fingerprint density at radius 3 is 2.64 bits per heavy atom. The number of amides is 2. The van der Waals surface area contributed by atoms with Crippen LogP contribution >= 0.6 is 11.6 Å². The molecule has 1 aromatic rings. The van der Waals surface area contributed by atoms with Crippen LogP contribution in [0.15, 0.2) is 12.3 Å². The van der Waals surface area contributed by atoms with E-state index in [2.05, 4.69) is 4.90 Å². The lowest BCUT2D eigenvalue weighted by molar-refractivity contribution is -0.148. The molecule has 2 amide bonds. The van der Waals surface area contributed by atoms with Crippen LogP contribution in [-0.2, 0) is 11.8 Å². The molecule has 1 unspecified atom stereocenters. The molecular formula is C19H26ClN3O2. The normalized spacial score (nSPS) is 27.7. The zero-order valence-electron chi connectivity index (χ0n) is 14.8. The van der Waals surface area contributed by atoms with Crippen molar-refractivity contribution >= 4 is 23.4 Å². The fraction of sp³-hybridized carbons (Fsp3) is 0.684. The van der Waals surface area contributed by atoms with Crippen molar-refractivity contribution in [1.29, 1.82) is 0 Å². The molecule has 1 atom stereocenters. The number of aromatic nitrogens is 1. The third kappa shape index (κ3) is 2.86. The summed E-state index contributed by atoms with van der Waals surface area (Å²) in [5.41, 5.74) is 0.240. The molecule has 1 aliphatic carbocycles. The summed E-state index contributed by atoms with van der Waals surface area (Å²) in [5.74, 6) is 0.280. The van der Waals surface area contributed by atoms with E-state index in [0.29, 0.717) is 35.8 Å². The van der Waals surface area contributed by atoms with E-state index in [-0.39, 0.29) is 11.3 Å². The molecule has 3 fully saturated rings. The number of aryl methyl sites for hydroxylation is 1. The first-order valence-electron chi connectivity index (χ1n) is 9.42. The molecule has 1 aromatic heterocycles. The average molecular weight is 364 g/mol. The summed E-state index contributed by atoms with van der Waals surface area (Å²) in [5, 5.41) is 0.570. The van der Waals surface area contributed by atoms with Crippen LogP contribution in [0.4, 0.5) is 0 Å². The number of halogens is 1. The molecule has 3 heterocycles. The van der Waals surface area contributed by atoms with Gasteiger partial charge in [-0.3, -0.25) is 9.59 Å². The number of nitrogens with zero attached hydrogens (tertiary/aromatic N) is 3. The summed E-state index contributed by atoms with van der Waals surface area (Å²) in [6.45, 7) is 2.11. The molecule has 2 aliphatic heterocycles. The van der Waals surface area contributed by atoms with Crippen molar-refractivity contribution in [3.05, 3.63) is 23.0 Å². The zero-order valence-corrected chi connectivity index (χ0v) is 15.6. The summed E-state index contributed by atoms with van der Waals surface area (Å²) in [4.78, 5) is 30.1. The molecule has 3 aliphatic rings. The number of hydrogen-bond donors (Lipinski definition) is 0. The maximum atomic E-state index is 13.3. The van der Waals surface area contributed by atoms with Crippen molar-refractivity contribution < 1.29 is 9.59 Å². The second kappa shape index (κ2) is 6.35. The molecule has 0 radical (unpaired) electrons. The number of rotatable bonds is 2. The predicted octanol–water partition coefficient (Wildman–Crippen LogP) is 3.08. The third-order valence-electron chi connectivity index (χ3n) is 6.37. The standard InChI is InChI=1S/C19H26ClN3O2/c1-21-12-14(20)11-16(21)17(24)22-10-8-19(13-22)7-4-9-23(18(19)25)15-5-2-3-6-15/h11-12,15H,2-10,13H2,1H3. The minimum Gasteiger partial charge on any atom is -0.345 e. The molecular weight excluding hydrogens is 338 g/mol. The van der Waals surface area contributed by atoms with Gasteiger partial charge in [0.05, 0.1) is 10.4 Å². The highest BCUT2D eigenvalue weighted by molar-refractivity contribution is 6.31. The van der Waals surface area contributed by atoms with Crippen molar-refractivity contribution in [2.24, 2.45) is 12.5 Å². The van der Waals surface area contributed by atoms with Gasteiger partial charge in [0.2, 0.25) is 5.91 Å². The third-order valence-corrected chi connectivity index (χ3v) is 6.57. The SMILES string of the molecule is Cn1cc(Cl)cc1C(=O)N1CCC2(CCCN(C3CCCC3)C2=O)C1. The number of hydrogen-bond acceptors (Lipinski definition) is 2. The lowest BCUT2D eigenvalue weighted by Gasteiger charge is -2.42. The first-order chi connectivity index (χ1) is 12.0. The van der Waals surface area contributed by atoms with Crippen molar-refractivity contribution in [2.75, 3.05) is 19.6 Å². The molecule has 0 bridgehead atoms. The van der Waals surface area contributed by atoms with E-state index in [1.807, 2.05) is 11.9 Å². The molecule has 0 N–H and O–H groups in total. The van der Waals surface area contributed by atoms with Gasteiger partial charge in [-0.25, -0.2) is 0 Å². The van der Waals surface area contributed by atoms with Crippen molar-refractivity contribution in [3.8, 4) is 0 Å². The molecule has 2 saturated heterocycles. The molecule has 25 heavy (non-hydrogen) atoms. The van der Waals surface area contributed by atoms with Gasteiger partial charge in [-0.2, -0.15) is 0 Å². The Morgan fingerprint density at radius 1 is 1.20 bits per heavy atom. The van der Waals surface area contributed by atoms with Crippen molar-refractivity contribution in [2.45, 2.75) is 51.0 Å². The Labute approximate surface area is 153 Å². The highest BCUT2D eigenvalue weighted by atomic mass is 35.5. The van der Waals surface area contributed by atoms with Crippen LogP contribution in [0.5, 0.6) is 0 Å². The highest BCUT2D eigenvalue weighted by Crippen LogP contribution is 2.42. The summed E-state index contributed by atoms with van der Waals surface area (Å²) in [7, 11) is 1.83. The van der Waals surface area contributed by atoms with Gasteiger partial charge >= 0.3 is 0 Å². The smallest absolute Gasteiger partial charge is 0.270 e. The second-order valence-corrected chi connectivity index (χ2v) is 8.39. The van der Waals surface area contributed by atoms with E-state index in [1.54, 1.807) is 16.8 Å². The van der Waals surface area contributed by atoms with E-state index >= 15 is 0 Å². The quantitative estimate of drug-likeness (QED) is 0.810. The van der Waals surface area contributed by atoms with Gasteiger partial charge in [-0.05, 0) is 38.2 Å². The van der Waals surface area contributed by atoms with Gasteiger partial charge in [0.25, 0.3) is 5.91 Å². The van der Waals surface area contributed by atoms with Crippen molar-refractivity contribution in [1.82, 2.24) is 14.4 Å². The number of carbonyl (C=O) groups excluding carboxylic acids is 2. The van der Waals surface area contributed by atoms with E-state index in [4.69, 9.17) is 11.6 Å². The first kappa shape index (κ1) is 17.0. The fourth-order valence-electron chi connectivity index (χ4n) is 4.99. The minimum atomic E-state index is -0.356. The Kier molecular flexibility index (Phi) is 4.30. The average Bonchev–Trinajstić information content (AvgIpc) is 3.31. The van der Waals surface area contributed by atoms with Crippen LogP contribution < -0.4 is 0 Å². The van der Waals surface area contributed by atoms with Gasteiger partial charge < -0.3 is 14.4 Å². The maximum absolute atomic E-state index is 13.3. The predicted molar refractivity (Wildman–Crippen MR) is 96.6 cm³/mol. The fourth-order valence-corrected chi connectivity index (χ4v) is 5.24. The van der Waals surface area contributed by atoms with E-state index < -0.39 is 0 Å². The molecule has 136 valence electrons. The number of piperidine rings is 1. The van der Waals surface area contributed by atoms with Crippen LogP contribution in [0.25, 0.3) is 0 Å². The lowest BCUT2D eigenvalue weighted by Crippen LogP contribution is -2.53. The summed E-state index contributed by atoms with van der Waals surface area (Å²) < 4.78 is 1.77. The Hall–Kier alpha value is -1.49. The Balaban J connectivity index is 1.51. The molecule has 1 spiro atoms. The van der Waals surface area contributed by atoms with Crippen LogP contribution in [0.3, 0.4) is 0 Å². The second-order valence-electron chi connectivity index (χ2n) is 7.95. The van der Waals surface area contributed by atoms with Crippen LogP contribution in [0.2, 0.25) is 5.02 Å². The van der Waals surface area contributed by atoms with E-state index in [9.17, 15) is 9.59 Å². The number of carbonyl (C=O) groups is 2.